The molecule has 0 aliphatic carbocycles. The van der Waals surface area contributed by atoms with E-state index in [0.29, 0.717) is 6.54 Å². The smallest absolute Gasteiger partial charge is 0.237 e. The monoisotopic (exact) mass is 336 g/mol. The Labute approximate surface area is 142 Å². The molecule has 2 aliphatic heterocycles. The molecule has 2 atom stereocenters. The maximum atomic E-state index is 13.4. The zero-order valence-corrected chi connectivity index (χ0v) is 14.3. The summed E-state index contributed by atoms with van der Waals surface area (Å²) in [6.45, 7) is 5.04. The first kappa shape index (κ1) is 18.4. The molecule has 6 nitrogen and oxygen atoms in total. The Bertz CT molecular complexity index is 555. The summed E-state index contributed by atoms with van der Waals surface area (Å²) in [4.78, 5) is 27.6. The van der Waals surface area contributed by atoms with E-state index in [1.165, 1.54) is 4.90 Å². The fourth-order valence-electron chi connectivity index (χ4n) is 3.02. The summed E-state index contributed by atoms with van der Waals surface area (Å²) in [7, 11) is 0. The molecule has 1 N–H and O–H groups in total. The van der Waals surface area contributed by atoms with Crippen molar-refractivity contribution in [2.75, 3.05) is 26.2 Å². The summed E-state index contributed by atoms with van der Waals surface area (Å²) in [6.07, 6.45) is 4.13. The van der Waals surface area contributed by atoms with Crippen LogP contribution in [-0.4, -0.2) is 65.5 Å². The number of nitrogens with zero attached hydrogens (tertiary/aromatic N) is 3. The van der Waals surface area contributed by atoms with E-state index in [0.717, 1.165) is 13.0 Å². The lowest BCUT2D eigenvalue weighted by Gasteiger charge is -2.31. The van der Waals surface area contributed by atoms with Crippen LogP contribution in [0.2, 0.25) is 0 Å². The highest BCUT2D eigenvalue weighted by Gasteiger charge is 2.36. The largest absolute Gasteiger partial charge is 0.339 e. The first-order valence-corrected chi connectivity index (χ1v) is 8.33. The third-order valence-corrected chi connectivity index (χ3v) is 4.44. The van der Waals surface area contributed by atoms with Crippen LogP contribution < -0.4 is 5.32 Å². The van der Waals surface area contributed by atoms with Gasteiger partial charge in [-0.05, 0) is 20.3 Å². The number of hydrogen-bond donors (Lipinski definition) is 1. The molecule has 2 rings (SSSR count). The quantitative estimate of drug-likeness (QED) is 0.760. The predicted molar refractivity (Wildman–Crippen MR) is 87.7 cm³/mol. The van der Waals surface area contributed by atoms with Crippen LogP contribution in [-0.2, 0) is 9.59 Å². The van der Waals surface area contributed by atoms with Gasteiger partial charge >= 0.3 is 0 Å². The highest BCUT2D eigenvalue weighted by molar-refractivity contribution is 5.80. The van der Waals surface area contributed by atoms with E-state index in [2.05, 4.69) is 11.4 Å². The highest BCUT2D eigenvalue weighted by Crippen LogP contribution is 2.20. The second-order valence-electron chi connectivity index (χ2n) is 7.04. The van der Waals surface area contributed by atoms with E-state index in [1.807, 2.05) is 26.0 Å². The molecule has 0 aromatic carbocycles. The summed E-state index contributed by atoms with van der Waals surface area (Å²) in [5.74, 6) is -0.257. The van der Waals surface area contributed by atoms with E-state index >= 15 is 0 Å². The van der Waals surface area contributed by atoms with Gasteiger partial charge in [0.25, 0.3) is 0 Å². The first-order valence-electron chi connectivity index (χ1n) is 8.33. The SMILES string of the molecule is CC(C)(CC(=O)N1CC=CCC1)NCC(=O)N1C[C@@H](F)CC1C#N. The summed E-state index contributed by atoms with van der Waals surface area (Å²) >= 11 is 0. The van der Waals surface area contributed by atoms with Gasteiger partial charge in [0.2, 0.25) is 11.8 Å². The van der Waals surface area contributed by atoms with Gasteiger partial charge in [0.15, 0.2) is 0 Å². The minimum absolute atomic E-state index is 0.00885. The summed E-state index contributed by atoms with van der Waals surface area (Å²) < 4.78 is 13.4. The highest BCUT2D eigenvalue weighted by atomic mass is 19.1. The Morgan fingerprint density at radius 1 is 1.38 bits per heavy atom. The van der Waals surface area contributed by atoms with Crippen molar-refractivity contribution >= 4 is 11.8 Å². The standard InChI is InChI=1S/C17H25FN4O2/c1-17(2,9-15(23)21-6-4-3-5-7-21)20-11-16(24)22-12-13(18)8-14(22)10-19/h3-4,13-14,20H,5-9,11-12H2,1-2H3/t13-,14?/m0/s1. The van der Waals surface area contributed by atoms with Crippen molar-refractivity contribution in [3.05, 3.63) is 12.2 Å². The molecule has 24 heavy (non-hydrogen) atoms. The van der Waals surface area contributed by atoms with Gasteiger partial charge in [-0.2, -0.15) is 5.26 Å². The van der Waals surface area contributed by atoms with Crippen molar-refractivity contribution in [1.29, 1.82) is 5.26 Å². The summed E-state index contributed by atoms with van der Waals surface area (Å²) in [6, 6.07) is 1.27. The van der Waals surface area contributed by atoms with Gasteiger partial charge in [-0.1, -0.05) is 12.2 Å². The van der Waals surface area contributed by atoms with Crippen molar-refractivity contribution in [2.45, 2.75) is 50.9 Å². The molecule has 0 bridgehead atoms. The third kappa shape index (κ3) is 4.78. The molecule has 132 valence electrons. The lowest BCUT2D eigenvalue weighted by atomic mass is 9.99. The minimum atomic E-state index is -1.14. The zero-order valence-electron chi connectivity index (χ0n) is 14.3. The van der Waals surface area contributed by atoms with E-state index in [4.69, 9.17) is 5.26 Å². The van der Waals surface area contributed by atoms with Crippen molar-refractivity contribution in [3.8, 4) is 6.07 Å². The van der Waals surface area contributed by atoms with Crippen LogP contribution in [0.5, 0.6) is 0 Å². The fraction of sp³-hybridized carbons (Fsp3) is 0.706. The molecule has 1 fully saturated rings. The molecule has 1 unspecified atom stereocenters. The molecule has 0 aromatic rings. The number of alkyl halides is 1. The number of nitrogens with one attached hydrogen (secondary N) is 1. The third-order valence-electron chi connectivity index (χ3n) is 4.44. The Morgan fingerprint density at radius 3 is 2.75 bits per heavy atom. The van der Waals surface area contributed by atoms with Gasteiger partial charge in [0, 0.05) is 31.5 Å². The van der Waals surface area contributed by atoms with Gasteiger partial charge in [0.05, 0.1) is 19.2 Å². The van der Waals surface area contributed by atoms with E-state index < -0.39 is 17.8 Å². The fourth-order valence-corrected chi connectivity index (χ4v) is 3.02. The maximum absolute atomic E-state index is 13.4. The maximum Gasteiger partial charge on any atom is 0.237 e. The molecule has 7 heteroatoms. The molecule has 2 aliphatic rings. The van der Waals surface area contributed by atoms with Crippen LogP contribution in [0.25, 0.3) is 0 Å². The van der Waals surface area contributed by atoms with E-state index in [-0.39, 0.29) is 37.7 Å². The second-order valence-corrected chi connectivity index (χ2v) is 7.04. The van der Waals surface area contributed by atoms with Crippen molar-refractivity contribution in [1.82, 2.24) is 15.1 Å². The number of nitriles is 1. The molecule has 1 saturated heterocycles. The van der Waals surface area contributed by atoms with Crippen LogP contribution in [0, 0.1) is 11.3 Å². The van der Waals surface area contributed by atoms with Gasteiger partial charge in [0.1, 0.15) is 12.2 Å². The number of carbonyl (C=O) groups is 2. The summed E-state index contributed by atoms with van der Waals surface area (Å²) in [5, 5.41) is 12.1. The molecule has 0 aromatic heterocycles. The molecule has 2 amide bonds. The molecule has 0 spiro atoms. The topological polar surface area (TPSA) is 76.4 Å². The average Bonchev–Trinajstić information content (AvgIpc) is 2.94. The van der Waals surface area contributed by atoms with Crippen LogP contribution in [0.15, 0.2) is 12.2 Å². The zero-order chi connectivity index (χ0) is 17.7. The van der Waals surface area contributed by atoms with E-state index in [1.54, 1.807) is 4.90 Å². The molecular weight excluding hydrogens is 311 g/mol. The van der Waals surface area contributed by atoms with Crippen LogP contribution in [0.4, 0.5) is 4.39 Å². The number of hydrogen-bond acceptors (Lipinski definition) is 4. The van der Waals surface area contributed by atoms with Gasteiger partial charge < -0.3 is 15.1 Å². The number of amides is 2. The first-order chi connectivity index (χ1) is 11.3. The Kier molecular flexibility index (Phi) is 5.94. The van der Waals surface area contributed by atoms with E-state index in [9.17, 15) is 14.0 Å². The van der Waals surface area contributed by atoms with Crippen molar-refractivity contribution < 1.29 is 14.0 Å². The number of rotatable bonds is 5. The van der Waals surface area contributed by atoms with Crippen molar-refractivity contribution in [3.63, 3.8) is 0 Å². The second kappa shape index (κ2) is 7.75. The number of halogens is 1. The van der Waals surface area contributed by atoms with Crippen molar-refractivity contribution in [2.24, 2.45) is 0 Å². The lowest BCUT2D eigenvalue weighted by Crippen LogP contribution is -2.50. The Morgan fingerprint density at radius 2 is 2.12 bits per heavy atom. The number of likely N-dealkylation sites (tertiary alicyclic amines) is 1. The minimum Gasteiger partial charge on any atom is -0.339 e. The summed E-state index contributed by atoms with van der Waals surface area (Å²) in [5.41, 5.74) is -0.551. The molecular formula is C17H25FN4O2. The van der Waals surface area contributed by atoms with Crippen LogP contribution in [0.3, 0.4) is 0 Å². The predicted octanol–water partition coefficient (Wildman–Crippen LogP) is 0.996. The Hall–Kier alpha value is -1.94. The van der Waals surface area contributed by atoms with Gasteiger partial charge in [-0.15, -0.1) is 0 Å². The molecule has 0 saturated carbocycles. The lowest BCUT2D eigenvalue weighted by molar-refractivity contribution is -0.134. The normalized spacial score (nSPS) is 24.1. The molecule has 2 heterocycles. The van der Waals surface area contributed by atoms with Gasteiger partial charge in [-0.25, -0.2) is 4.39 Å². The Balaban J connectivity index is 1.83. The molecule has 0 radical (unpaired) electrons. The van der Waals surface area contributed by atoms with Crippen LogP contribution in [0.1, 0.15) is 33.1 Å². The van der Waals surface area contributed by atoms with Gasteiger partial charge in [-0.3, -0.25) is 9.59 Å². The van der Waals surface area contributed by atoms with Crippen LogP contribution >= 0.6 is 0 Å². The average molecular weight is 336 g/mol. The number of carbonyl (C=O) groups excluding carboxylic acids is 2.